The predicted molar refractivity (Wildman–Crippen MR) is 75.1 cm³/mol. The third kappa shape index (κ3) is 3.70. The summed E-state index contributed by atoms with van der Waals surface area (Å²) in [6.07, 6.45) is 0.489. The first-order chi connectivity index (χ1) is 8.85. The maximum Gasteiger partial charge on any atom is 0.319 e. The number of nitrogens with one attached hydrogen (secondary N) is 2. The summed E-state index contributed by atoms with van der Waals surface area (Å²) in [5.41, 5.74) is 2.78. The van der Waals surface area contributed by atoms with Gasteiger partial charge in [0.05, 0.1) is 11.5 Å². The fourth-order valence-electron chi connectivity index (χ4n) is 2.12. The Balaban J connectivity index is 1.97. The summed E-state index contributed by atoms with van der Waals surface area (Å²) in [5.74, 6) is 0.189. The minimum atomic E-state index is -2.97. The number of anilines is 1. The molecule has 1 fully saturated rings. The van der Waals surface area contributed by atoms with Gasteiger partial charge in [0.25, 0.3) is 0 Å². The van der Waals surface area contributed by atoms with Gasteiger partial charge in [-0.05, 0) is 37.5 Å². The highest BCUT2D eigenvalue weighted by molar-refractivity contribution is 7.91. The number of hydrogen-bond acceptors (Lipinski definition) is 3. The summed E-state index contributed by atoms with van der Waals surface area (Å²) in [6.45, 7) is 3.86. The molecule has 0 bridgehead atoms. The fourth-order valence-corrected chi connectivity index (χ4v) is 3.80. The second kappa shape index (κ2) is 5.21. The molecule has 104 valence electrons. The van der Waals surface area contributed by atoms with E-state index in [1.165, 1.54) is 0 Å². The molecular weight excluding hydrogens is 264 g/mol. The SMILES string of the molecule is Cc1ccc(C)c(NC(=O)NC2CCS(=O)(=O)C2)c1. The van der Waals surface area contributed by atoms with E-state index >= 15 is 0 Å². The lowest BCUT2D eigenvalue weighted by atomic mass is 10.1. The van der Waals surface area contributed by atoms with Crippen LogP contribution < -0.4 is 10.6 Å². The Hall–Kier alpha value is -1.56. The Kier molecular flexibility index (Phi) is 3.80. The van der Waals surface area contributed by atoms with Crippen molar-refractivity contribution in [3.05, 3.63) is 29.3 Å². The van der Waals surface area contributed by atoms with E-state index in [0.29, 0.717) is 6.42 Å². The van der Waals surface area contributed by atoms with Gasteiger partial charge in [0.2, 0.25) is 0 Å². The van der Waals surface area contributed by atoms with Crippen LogP contribution in [-0.2, 0) is 9.84 Å². The van der Waals surface area contributed by atoms with Gasteiger partial charge >= 0.3 is 6.03 Å². The average Bonchev–Trinajstić information content (AvgIpc) is 2.63. The van der Waals surface area contributed by atoms with Crippen LogP contribution in [0, 0.1) is 13.8 Å². The summed E-state index contributed by atoms with van der Waals surface area (Å²) in [5, 5.41) is 5.46. The van der Waals surface area contributed by atoms with E-state index in [2.05, 4.69) is 10.6 Å². The van der Waals surface area contributed by atoms with Crippen LogP contribution in [0.15, 0.2) is 18.2 Å². The van der Waals surface area contributed by atoms with E-state index in [1.807, 2.05) is 32.0 Å². The Bertz CT molecular complexity index is 596. The highest BCUT2D eigenvalue weighted by Crippen LogP contribution is 2.17. The summed E-state index contributed by atoms with van der Waals surface area (Å²) in [4.78, 5) is 11.8. The molecule has 0 aliphatic carbocycles. The van der Waals surface area contributed by atoms with Crippen LogP contribution in [0.3, 0.4) is 0 Å². The van der Waals surface area contributed by atoms with E-state index in [1.54, 1.807) is 0 Å². The molecule has 2 rings (SSSR count). The molecule has 1 aromatic rings. The van der Waals surface area contributed by atoms with Gasteiger partial charge in [0.1, 0.15) is 0 Å². The van der Waals surface area contributed by atoms with Crippen LogP contribution in [0.4, 0.5) is 10.5 Å². The van der Waals surface area contributed by atoms with Crippen molar-refractivity contribution in [3.63, 3.8) is 0 Å². The Labute approximate surface area is 113 Å². The third-order valence-electron chi connectivity index (χ3n) is 3.21. The lowest BCUT2D eigenvalue weighted by Gasteiger charge is -2.13. The maximum absolute atomic E-state index is 11.8. The summed E-state index contributed by atoms with van der Waals surface area (Å²) >= 11 is 0. The van der Waals surface area contributed by atoms with E-state index in [-0.39, 0.29) is 23.6 Å². The fraction of sp³-hybridized carbons (Fsp3) is 0.462. The van der Waals surface area contributed by atoms with E-state index in [0.717, 1.165) is 16.8 Å². The van der Waals surface area contributed by atoms with Gasteiger partial charge in [0.15, 0.2) is 9.84 Å². The van der Waals surface area contributed by atoms with E-state index in [4.69, 9.17) is 0 Å². The number of hydrogen-bond donors (Lipinski definition) is 2. The molecule has 1 aromatic carbocycles. The summed E-state index contributed by atoms with van der Waals surface area (Å²) in [6, 6.07) is 5.17. The van der Waals surface area contributed by atoms with E-state index < -0.39 is 9.84 Å². The molecule has 2 N–H and O–H groups in total. The van der Waals surface area contributed by atoms with Crippen molar-refractivity contribution < 1.29 is 13.2 Å². The molecule has 1 aliphatic heterocycles. The molecule has 6 heteroatoms. The number of carbonyl (C=O) groups excluding carboxylic acids is 1. The first kappa shape index (κ1) is 13.9. The number of amides is 2. The molecule has 1 saturated heterocycles. The molecule has 1 unspecified atom stereocenters. The number of aryl methyl sites for hydroxylation is 2. The summed E-state index contributed by atoms with van der Waals surface area (Å²) in [7, 11) is -2.97. The highest BCUT2D eigenvalue weighted by Gasteiger charge is 2.28. The van der Waals surface area contributed by atoms with Gasteiger partial charge in [-0.3, -0.25) is 0 Å². The van der Waals surface area contributed by atoms with Gasteiger partial charge in [-0.25, -0.2) is 13.2 Å². The zero-order valence-electron chi connectivity index (χ0n) is 11.1. The number of urea groups is 1. The number of sulfone groups is 1. The molecule has 5 nitrogen and oxygen atoms in total. The molecule has 2 amide bonds. The van der Waals surface area contributed by atoms with Gasteiger partial charge in [-0.2, -0.15) is 0 Å². The minimum absolute atomic E-state index is 0.0349. The topological polar surface area (TPSA) is 75.3 Å². The third-order valence-corrected chi connectivity index (χ3v) is 4.98. The number of carbonyl (C=O) groups is 1. The maximum atomic E-state index is 11.8. The van der Waals surface area contributed by atoms with Gasteiger partial charge in [0, 0.05) is 11.7 Å². The normalized spacial score (nSPS) is 21.1. The molecule has 0 aromatic heterocycles. The smallest absolute Gasteiger partial charge is 0.319 e. The van der Waals surface area contributed by atoms with Crippen LogP contribution in [0.5, 0.6) is 0 Å². The second-order valence-corrected chi connectivity index (χ2v) is 7.25. The largest absolute Gasteiger partial charge is 0.334 e. The van der Waals surface area contributed by atoms with Crippen LogP contribution in [-0.4, -0.2) is 32.0 Å². The van der Waals surface area contributed by atoms with Crippen molar-refractivity contribution in [2.24, 2.45) is 0 Å². The lowest BCUT2D eigenvalue weighted by molar-refractivity contribution is 0.249. The summed E-state index contributed by atoms with van der Waals surface area (Å²) < 4.78 is 22.6. The first-order valence-corrected chi connectivity index (χ1v) is 8.03. The van der Waals surface area contributed by atoms with Crippen molar-refractivity contribution >= 4 is 21.6 Å². The monoisotopic (exact) mass is 282 g/mol. The predicted octanol–water partition coefficient (Wildman–Crippen LogP) is 1.61. The van der Waals surface area contributed by atoms with Crippen molar-refractivity contribution in [2.45, 2.75) is 26.3 Å². The molecular formula is C13H18N2O3S. The Morgan fingerprint density at radius 3 is 2.68 bits per heavy atom. The molecule has 1 atom stereocenters. The van der Waals surface area contributed by atoms with Crippen LogP contribution >= 0.6 is 0 Å². The second-order valence-electron chi connectivity index (χ2n) is 5.02. The zero-order chi connectivity index (χ0) is 14.0. The lowest BCUT2D eigenvalue weighted by Crippen LogP contribution is -2.38. The van der Waals surface area contributed by atoms with Gasteiger partial charge in [-0.1, -0.05) is 12.1 Å². The quantitative estimate of drug-likeness (QED) is 0.865. The van der Waals surface area contributed by atoms with Crippen molar-refractivity contribution in [2.75, 3.05) is 16.8 Å². The molecule has 0 spiro atoms. The Morgan fingerprint density at radius 2 is 2.05 bits per heavy atom. The van der Waals surface area contributed by atoms with Crippen molar-refractivity contribution in [1.82, 2.24) is 5.32 Å². The zero-order valence-corrected chi connectivity index (χ0v) is 11.9. The molecule has 0 saturated carbocycles. The molecule has 0 radical (unpaired) electrons. The molecule has 1 heterocycles. The van der Waals surface area contributed by atoms with Crippen molar-refractivity contribution in [1.29, 1.82) is 0 Å². The average molecular weight is 282 g/mol. The molecule has 1 aliphatic rings. The van der Waals surface area contributed by atoms with Crippen LogP contribution in [0.25, 0.3) is 0 Å². The van der Waals surface area contributed by atoms with Gasteiger partial charge < -0.3 is 10.6 Å². The number of rotatable bonds is 2. The highest BCUT2D eigenvalue weighted by atomic mass is 32.2. The Morgan fingerprint density at radius 1 is 1.32 bits per heavy atom. The van der Waals surface area contributed by atoms with Gasteiger partial charge in [-0.15, -0.1) is 0 Å². The first-order valence-electron chi connectivity index (χ1n) is 6.21. The van der Waals surface area contributed by atoms with Crippen molar-refractivity contribution in [3.8, 4) is 0 Å². The standard InChI is InChI=1S/C13H18N2O3S/c1-9-3-4-10(2)12(7-9)15-13(16)14-11-5-6-19(17,18)8-11/h3-4,7,11H,5-6,8H2,1-2H3,(H2,14,15,16). The molecule has 19 heavy (non-hydrogen) atoms. The van der Waals surface area contributed by atoms with E-state index in [9.17, 15) is 13.2 Å². The number of benzene rings is 1. The van der Waals surface area contributed by atoms with Crippen LogP contribution in [0.1, 0.15) is 17.5 Å². The minimum Gasteiger partial charge on any atom is -0.334 e. The van der Waals surface area contributed by atoms with Crippen LogP contribution in [0.2, 0.25) is 0 Å².